The Kier molecular flexibility index (Phi) is 3.42. The van der Waals surface area contributed by atoms with Gasteiger partial charge in [-0.25, -0.2) is 0 Å². The van der Waals surface area contributed by atoms with Gasteiger partial charge in [-0.1, -0.05) is 42.8 Å². The molecule has 0 atom stereocenters. The summed E-state index contributed by atoms with van der Waals surface area (Å²) in [5, 5.41) is 5.25. The normalized spacial score (nSPS) is 11.2. The van der Waals surface area contributed by atoms with Crippen molar-refractivity contribution in [1.82, 2.24) is 15.1 Å². The van der Waals surface area contributed by atoms with Crippen LogP contribution in [0.1, 0.15) is 18.9 Å². The summed E-state index contributed by atoms with van der Waals surface area (Å²) < 4.78 is 5.46. The summed E-state index contributed by atoms with van der Waals surface area (Å²) in [5.41, 5.74) is 4.32. The predicted octanol–water partition coefficient (Wildman–Crippen LogP) is 4.84. The van der Waals surface area contributed by atoms with Crippen LogP contribution >= 0.6 is 0 Å². The number of hydrogen-bond donors (Lipinski definition) is 1. The molecule has 2 aromatic carbocycles. The van der Waals surface area contributed by atoms with Crippen LogP contribution in [0.2, 0.25) is 0 Å². The molecule has 0 saturated heterocycles. The van der Waals surface area contributed by atoms with Gasteiger partial charge in [-0.3, -0.25) is 0 Å². The minimum Gasteiger partial charge on any atom is -0.361 e. The van der Waals surface area contributed by atoms with Gasteiger partial charge in [-0.15, -0.1) is 0 Å². The van der Waals surface area contributed by atoms with E-state index in [1.165, 1.54) is 5.56 Å². The maximum absolute atomic E-state index is 5.46. The molecule has 1 N–H and O–H groups in total. The van der Waals surface area contributed by atoms with Gasteiger partial charge < -0.3 is 9.51 Å². The zero-order valence-electron chi connectivity index (χ0n) is 12.9. The highest BCUT2D eigenvalue weighted by molar-refractivity contribution is 5.93. The number of aromatic nitrogens is 3. The zero-order valence-corrected chi connectivity index (χ0v) is 12.9. The molecule has 0 aliphatic carbocycles. The third-order valence-electron chi connectivity index (χ3n) is 4.00. The van der Waals surface area contributed by atoms with E-state index < -0.39 is 0 Å². The van der Waals surface area contributed by atoms with Crippen LogP contribution in [0.3, 0.4) is 0 Å². The number of nitrogens with zero attached hydrogens (tertiary/aromatic N) is 2. The number of aromatic amines is 1. The maximum Gasteiger partial charge on any atom is 0.258 e. The molecular weight excluding hydrogens is 286 g/mol. The van der Waals surface area contributed by atoms with Crippen LogP contribution < -0.4 is 0 Å². The van der Waals surface area contributed by atoms with Gasteiger partial charge >= 0.3 is 0 Å². The Hall–Kier alpha value is -2.88. The molecule has 4 aromatic rings. The van der Waals surface area contributed by atoms with E-state index in [1.54, 1.807) is 0 Å². The van der Waals surface area contributed by atoms with Crippen molar-refractivity contribution < 1.29 is 4.52 Å². The Morgan fingerprint density at radius 2 is 1.91 bits per heavy atom. The Labute approximate surface area is 134 Å². The third kappa shape index (κ3) is 2.52. The van der Waals surface area contributed by atoms with Crippen LogP contribution in [0.15, 0.2) is 59.3 Å². The Morgan fingerprint density at radius 1 is 1.04 bits per heavy atom. The van der Waals surface area contributed by atoms with E-state index in [9.17, 15) is 0 Å². The number of nitrogens with one attached hydrogen (secondary N) is 1. The second-order valence-corrected chi connectivity index (χ2v) is 5.61. The van der Waals surface area contributed by atoms with Gasteiger partial charge in [-0.05, 0) is 36.2 Å². The van der Waals surface area contributed by atoms with Gasteiger partial charge in [0.05, 0.1) is 0 Å². The van der Waals surface area contributed by atoms with Crippen LogP contribution in [0.4, 0.5) is 0 Å². The number of H-pyrrole nitrogens is 1. The lowest BCUT2D eigenvalue weighted by Gasteiger charge is -1.99. The van der Waals surface area contributed by atoms with E-state index >= 15 is 0 Å². The van der Waals surface area contributed by atoms with Gasteiger partial charge in [0.2, 0.25) is 5.82 Å². The predicted molar refractivity (Wildman–Crippen MR) is 91.0 cm³/mol. The smallest absolute Gasteiger partial charge is 0.258 e. The molecule has 0 spiro atoms. The molecule has 23 heavy (non-hydrogen) atoms. The average molecular weight is 303 g/mol. The zero-order chi connectivity index (χ0) is 15.6. The van der Waals surface area contributed by atoms with Crippen molar-refractivity contribution in [2.75, 3.05) is 0 Å². The summed E-state index contributed by atoms with van der Waals surface area (Å²) in [6.07, 6.45) is 4.15. The summed E-state index contributed by atoms with van der Waals surface area (Å²) in [6, 6.07) is 16.4. The summed E-state index contributed by atoms with van der Waals surface area (Å²) in [4.78, 5) is 7.76. The molecule has 0 fully saturated rings. The summed E-state index contributed by atoms with van der Waals surface area (Å²) >= 11 is 0. The molecule has 0 amide bonds. The number of aryl methyl sites for hydroxylation is 1. The van der Waals surface area contributed by atoms with Gasteiger partial charge in [0, 0.05) is 28.2 Å². The average Bonchev–Trinajstić information content (AvgIpc) is 3.25. The van der Waals surface area contributed by atoms with Crippen molar-refractivity contribution in [3.63, 3.8) is 0 Å². The Bertz CT molecular complexity index is 935. The van der Waals surface area contributed by atoms with Gasteiger partial charge in [-0.2, -0.15) is 4.98 Å². The summed E-state index contributed by atoms with van der Waals surface area (Å²) in [6.45, 7) is 2.18. The summed E-state index contributed by atoms with van der Waals surface area (Å²) in [5.74, 6) is 1.17. The van der Waals surface area contributed by atoms with Gasteiger partial charge in [0.1, 0.15) is 0 Å². The first-order valence-corrected chi connectivity index (χ1v) is 7.84. The molecule has 4 nitrogen and oxygen atoms in total. The Balaban J connectivity index is 1.70. The van der Waals surface area contributed by atoms with Crippen molar-refractivity contribution >= 4 is 10.9 Å². The lowest BCUT2D eigenvalue weighted by atomic mass is 10.1. The van der Waals surface area contributed by atoms with E-state index in [0.29, 0.717) is 11.7 Å². The van der Waals surface area contributed by atoms with Crippen molar-refractivity contribution in [1.29, 1.82) is 0 Å². The third-order valence-corrected chi connectivity index (χ3v) is 4.00. The molecule has 0 aliphatic rings. The highest BCUT2D eigenvalue weighted by atomic mass is 16.5. The molecule has 2 heterocycles. The molecule has 4 rings (SSSR count). The van der Waals surface area contributed by atoms with Crippen LogP contribution in [0, 0.1) is 0 Å². The topological polar surface area (TPSA) is 54.7 Å². The second kappa shape index (κ2) is 5.72. The first kappa shape index (κ1) is 13.8. The van der Waals surface area contributed by atoms with Crippen LogP contribution in [0.5, 0.6) is 0 Å². The van der Waals surface area contributed by atoms with Crippen molar-refractivity contribution in [2.24, 2.45) is 0 Å². The molecule has 4 heteroatoms. The molecule has 0 saturated carbocycles. The molecule has 2 aromatic heterocycles. The second-order valence-electron chi connectivity index (χ2n) is 5.61. The number of hydrogen-bond acceptors (Lipinski definition) is 3. The quantitative estimate of drug-likeness (QED) is 0.587. The van der Waals surface area contributed by atoms with Crippen LogP contribution in [-0.4, -0.2) is 15.1 Å². The van der Waals surface area contributed by atoms with Crippen LogP contribution in [-0.2, 0) is 6.42 Å². The SMILES string of the molecule is CCCc1ccc(-c2nc(-c3cccc4[nH]ccc34)no2)cc1. The number of rotatable bonds is 4. The van der Waals surface area contributed by atoms with E-state index in [4.69, 9.17) is 4.52 Å². The highest BCUT2D eigenvalue weighted by Crippen LogP contribution is 2.28. The van der Waals surface area contributed by atoms with Gasteiger partial charge in [0.25, 0.3) is 5.89 Å². The van der Waals surface area contributed by atoms with Crippen molar-refractivity contribution in [2.45, 2.75) is 19.8 Å². The lowest BCUT2D eigenvalue weighted by molar-refractivity contribution is 0.432. The van der Waals surface area contributed by atoms with Gasteiger partial charge in [0.15, 0.2) is 0 Å². The fourth-order valence-electron chi connectivity index (χ4n) is 2.83. The highest BCUT2D eigenvalue weighted by Gasteiger charge is 2.13. The number of benzene rings is 2. The van der Waals surface area contributed by atoms with E-state index in [0.717, 1.165) is 34.9 Å². The van der Waals surface area contributed by atoms with Crippen molar-refractivity contribution in [3.05, 3.63) is 60.3 Å². The molecule has 0 radical (unpaired) electrons. The van der Waals surface area contributed by atoms with Crippen molar-refractivity contribution in [3.8, 4) is 22.8 Å². The van der Waals surface area contributed by atoms with E-state index in [2.05, 4.69) is 34.2 Å². The standard InChI is InChI=1S/C19H17N3O/c1-2-4-13-7-9-14(10-8-13)19-21-18(22-23-19)16-5-3-6-17-15(16)11-12-20-17/h3,5-12,20H,2,4H2,1H3. The number of fused-ring (bicyclic) bond motifs is 1. The molecule has 0 aliphatic heterocycles. The fourth-order valence-corrected chi connectivity index (χ4v) is 2.83. The van der Waals surface area contributed by atoms with E-state index in [-0.39, 0.29) is 0 Å². The monoisotopic (exact) mass is 303 g/mol. The molecule has 0 bridgehead atoms. The Morgan fingerprint density at radius 3 is 2.74 bits per heavy atom. The summed E-state index contributed by atoms with van der Waals surface area (Å²) in [7, 11) is 0. The lowest BCUT2D eigenvalue weighted by Crippen LogP contribution is -1.84. The minimum absolute atomic E-state index is 0.551. The maximum atomic E-state index is 5.46. The minimum atomic E-state index is 0.551. The first-order chi connectivity index (χ1) is 11.3. The first-order valence-electron chi connectivity index (χ1n) is 7.84. The molecule has 114 valence electrons. The van der Waals surface area contributed by atoms with Crippen LogP contribution in [0.25, 0.3) is 33.7 Å². The largest absolute Gasteiger partial charge is 0.361 e. The molecular formula is C19H17N3O. The molecule has 0 unspecified atom stereocenters. The fraction of sp³-hybridized carbons (Fsp3) is 0.158. The van der Waals surface area contributed by atoms with E-state index in [1.807, 2.05) is 42.6 Å².